The van der Waals surface area contributed by atoms with Gasteiger partial charge in [0.05, 0.1) is 30.7 Å². The number of nitrogens with zero attached hydrogens (tertiary/aromatic N) is 3. The number of rotatable bonds is 9. The topological polar surface area (TPSA) is 245 Å². The van der Waals surface area contributed by atoms with Crippen molar-refractivity contribution in [2.24, 2.45) is 0 Å². The first-order valence-corrected chi connectivity index (χ1v) is 22.5. The standard InChI is InChI=1S/C14H8F3NO5S.C13H9NO3.C6H15N.C2F6O5S2.CH2Cl2/c1-22-13(19)11-10-5-3-2-4-8(10)6-9(7-18)12(11)23-24(20,21)14(15,16)17;1-17-13(16)11-10-5-3-2-4-8(10)6-9(7-14)12(11)15;1-4-7(5-2)6-3;3-1(4,5)14(9,10)13-15(11,12)2(6,7)8;2-1-3/h2-6H,1H3;2-6,15H,1H3;4-6H2,1-3H3;;1H2. The zero-order valence-corrected chi connectivity index (χ0v) is 38.1. The smallest absolute Gasteiger partial charge is 0.506 e. The number of carbonyl (C=O) groups is 2. The van der Waals surface area contributed by atoms with Crippen LogP contribution in [0.4, 0.5) is 39.5 Å². The van der Waals surface area contributed by atoms with Crippen molar-refractivity contribution in [3.63, 3.8) is 0 Å². The summed E-state index contributed by atoms with van der Waals surface area (Å²) >= 11 is 9.53. The van der Waals surface area contributed by atoms with Crippen molar-refractivity contribution in [2.75, 3.05) is 39.2 Å². The van der Waals surface area contributed by atoms with Crippen LogP contribution in [-0.2, 0) is 43.5 Å². The van der Waals surface area contributed by atoms with Gasteiger partial charge in [0, 0.05) is 10.8 Å². The third-order valence-corrected chi connectivity index (χ3v) is 11.1. The van der Waals surface area contributed by atoms with Crippen molar-refractivity contribution >= 4 is 87.0 Å². The van der Waals surface area contributed by atoms with Crippen LogP contribution in [0.15, 0.2) is 60.7 Å². The van der Waals surface area contributed by atoms with Crippen molar-refractivity contribution in [3.05, 3.63) is 82.9 Å². The summed E-state index contributed by atoms with van der Waals surface area (Å²) < 4.78 is 183. The molecule has 366 valence electrons. The second kappa shape index (κ2) is 25.5. The predicted octanol–water partition coefficient (Wildman–Crippen LogP) is 8.40. The molecule has 4 aromatic carbocycles. The molecule has 0 aliphatic heterocycles. The van der Waals surface area contributed by atoms with E-state index >= 15 is 0 Å². The lowest BCUT2D eigenvalue weighted by Gasteiger charge is -2.15. The number of benzene rings is 4. The van der Waals surface area contributed by atoms with Crippen LogP contribution in [0.5, 0.6) is 11.5 Å². The van der Waals surface area contributed by atoms with Gasteiger partial charge in [0.15, 0.2) is 5.75 Å². The van der Waals surface area contributed by atoms with Gasteiger partial charge >= 0.3 is 58.8 Å². The molecular weight excluding hydrogens is 1020 g/mol. The Bertz CT molecular complexity index is 2690. The zero-order chi connectivity index (χ0) is 51.6. The number of nitriles is 2. The molecule has 0 fully saturated rings. The maximum atomic E-state index is 12.6. The molecule has 0 heterocycles. The summed E-state index contributed by atoms with van der Waals surface area (Å²) in [7, 11) is -17.6. The van der Waals surface area contributed by atoms with E-state index < -0.39 is 75.7 Å². The quantitative estimate of drug-likeness (QED) is 0.0543. The number of ether oxygens (including phenoxy) is 2. The fourth-order valence-corrected chi connectivity index (χ4v) is 6.60. The lowest BCUT2D eigenvalue weighted by molar-refractivity contribution is -0.0586. The number of hydrogen-bond acceptors (Lipinski definition) is 16. The summed E-state index contributed by atoms with van der Waals surface area (Å²) in [6.45, 7) is 10.1. The van der Waals surface area contributed by atoms with E-state index in [-0.39, 0.29) is 27.6 Å². The lowest BCUT2D eigenvalue weighted by Crippen LogP contribution is -2.34. The fraction of sp³-hybridized carbons (Fsp3) is 0.333. The molecule has 0 unspecified atom stereocenters. The molecule has 0 spiro atoms. The van der Waals surface area contributed by atoms with Gasteiger partial charge in [-0.2, -0.15) is 75.3 Å². The van der Waals surface area contributed by atoms with E-state index in [0.717, 1.165) is 13.2 Å². The average molecular weight is 1050 g/mol. The first kappa shape index (κ1) is 60.6. The number of fused-ring (bicyclic) bond motifs is 2. The van der Waals surface area contributed by atoms with Gasteiger partial charge in [0.1, 0.15) is 29.0 Å². The molecule has 0 radical (unpaired) electrons. The fourth-order valence-electron chi connectivity index (χ4n) is 4.56. The average Bonchev–Trinajstić information content (AvgIpc) is 3.22. The number of halogens is 11. The second-order valence-electron chi connectivity index (χ2n) is 11.5. The molecule has 1 N–H and O–H groups in total. The van der Waals surface area contributed by atoms with Crippen LogP contribution in [0.25, 0.3) is 21.5 Å². The second-order valence-corrected chi connectivity index (χ2v) is 17.1. The molecular formula is C36H34Cl2F9N3O13S3. The van der Waals surface area contributed by atoms with Crippen LogP contribution >= 0.6 is 23.2 Å². The summed E-state index contributed by atoms with van der Waals surface area (Å²) in [5.74, 6) is -3.16. The molecule has 0 amide bonds. The molecule has 0 aliphatic rings. The van der Waals surface area contributed by atoms with Gasteiger partial charge < -0.3 is 23.7 Å². The highest BCUT2D eigenvalue weighted by Gasteiger charge is 2.57. The van der Waals surface area contributed by atoms with E-state index in [1.807, 2.05) is 9.70 Å². The number of esters is 2. The molecule has 0 aliphatic carbocycles. The predicted molar refractivity (Wildman–Crippen MR) is 218 cm³/mol. The van der Waals surface area contributed by atoms with Gasteiger partial charge in [-0.1, -0.05) is 69.3 Å². The number of methoxy groups -OCH3 is 2. The maximum absolute atomic E-state index is 12.6. The van der Waals surface area contributed by atoms with Gasteiger partial charge in [-0.3, -0.25) is 0 Å². The Morgan fingerprint density at radius 2 is 0.970 bits per heavy atom. The van der Waals surface area contributed by atoms with E-state index in [1.165, 1.54) is 57.1 Å². The number of aromatic hydroxyl groups is 1. The monoisotopic (exact) mass is 1050 g/mol. The van der Waals surface area contributed by atoms with Gasteiger partial charge in [-0.05, 0) is 42.5 Å². The lowest BCUT2D eigenvalue weighted by atomic mass is 10.00. The molecule has 66 heavy (non-hydrogen) atoms. The molecule has 30 heteroatoms. The highest BCUT2D eigenvalue weighted by molar-refractivity contribution is 8.00. The van der Waals surface area contributed by atoms with Crippen molar-refractivity contribution in [1.29, 1.82) is 10.5 Å². The van der Waals surface area contributed by atoms with E-state index in [9.17, 15) is 79.5 Å². The number of alkyl halides is 11. The summed E-state index contributed by atoms with van der Waals surface area (Å²) in [6.07, 6.45) is 0. The number of phenols is 1. The van der Waals surface area contributed by atoms with Crippen molar-refractivity contribution in [2.45, 2.75) is 37.3 Å². The van der Waals surface area contributed by atoms with Gasteiger partial charge in [0.2, 0.25) is 0 Å². The van der Waals surface area contributed by atoms with Crippen LogP contribution in [0, 0.1) is 22.7 Å². The van der Waals surface area contributed by atoms with E-state index in [4.69, 9.17) is 33.7 Å². The van der Waals surface area contributed by atoms with Crippen LogP contribution in [0.2, 0.25) is 0 Å². The van der Waals surface area contributed by atoms with E-state index in [2.05, 4.69) is 39.3 Å². The minimum atomic E-state index is -6.85. The summed E-state index contributed by atoms with van der Waals surface area (Å²) in [5.41, 5.74) is -19.3. The SMILES string of the molecule is CCN(CC)CC.COC(=O)c1c(O)c(C#N)cc2ccccc12.COC(=O)c1c(OS(=O)(=O)C(F)(F)F)c(C#N)cc2ccccc12.ClCCl.O=S(=O)(OS(=O)(=O)C(F)(F)F)C(F)(F)F. The van der Waals surface area contributed by atoms with Gasteiger partial charge in [-0.25, -0.2) is 9.59 Å². The molecule has 16 nitrogen and oxygen atoms in total. The largest absolute Gasteiger partial charge is 0.534 e. The minimum Gasteiger partial charge on any atom is -0.506 e. The van der Waals surface area contributed by atoms with Crippen LogP contribution in [0.3, 0.4) is 0 Å². The minimum absolute atomic E-state index is 0.0298. The van der Waals surface area contributed by atoms with E-state index in [0.29, 0.717) is 16.2 Å². The Balaban J connectivity index is 0.000000891. The highest BCUT2D eigenvalue weighted by atomic mass is 35.5. The molecule has 4 rings (SSSR count). The van der Waals surface area contributed by atoms with Crippen molar-refractivity contribution in [1.82, 2.24) is 4.90 Å². The maximum Gasteiger partial charge on any atom is 0.534 e. The molecule has 0 aromatic heterocycles. The van der Waals surface area contributed by atoms with Crippen molar-refractivity contribution in [3.8, 4) is 23.6 Å². The normalized spacial score (nSPS) is 11.7. The van der Waals surface area contributed by atoms with Gasteiger partial charge in [-0.15, -0.1) is 26.8 Å². The number of carbonyl (C=O) groups excluding carboxylic acids is 2. The van der Waals surface area contributed by atoms with Crippen LogP contribution in [0.1, 0.15) is 52.6 Å². The third kappa shape index (κ3) is 16.5. The summed E-state index contributed by atoms with van der Waals surface area (Å²) in [6, 6.07) is 18.9. The van der Waals surface area contributed by atoms with E-state index in [1.54, 1.807) is 30.3 Å². The molecule has 0 bridgehead atoms. The molecule has 4 aromatic rings. The Morgan fingerprint density at radius 3 is 1.29 bits per heavy atom. The number of hydrogen-bond donors (Lipinski definition) is 1. The Labute approximate surface area is 380 Å². The molecule has 0 saturated carbocycles. The zero-order valence-electron chi connectivity index (χ0n) is 34.2. The first-order valence-electron chi connectivity index (χ1n) is 17.2. The van der Waals surface area contributed by atoms with Crippen LogP contribution < -0.4 is 4.18 Å². The number of phenolic OH excluding ortho intramolecular Hbond substituents is 1. The Hall–Kier alpha value is -5.36. The Kier molecular flexibility index (Phi) is 23.4. The van der Waals surface area contributed by atoms with Gasteiger partial charge in [0.25, 0.3) is 0 Å². The first-order chi connectivity index (χ1) is 30.3. The Morgan fingerprint density at radius 1 is 0.636 bits per heavy atom. The van der Waals surface area contributed by atoms with Crippen LogP contribution in [-0.4, -0.2) is 103 Å². The highest BCUT2D eigenvalue weighted by Crippen LogP contribution is 2.37. The molecule has 0 saturated heterocycles. The third-order valence-electron chi connectivity index (χ3n) is 7.61. The molecule has 0 atom stereocenters. The van der Waals surface area contributed by atoms with Crippen molar-refractivity contribution < 1.29 is 96.7 Å². The summed E-state index contributed by atoms with van der Waals surface area (Å²) in [4.78, 5) is 26.0. The summed E-state index contributed by atoms with van der Waals surface area (Å²) in [5, 5.41) is 29.7.